The summed E-state index contributed by atoms with van der Waals surface area (Å²) in [5.74, 6) is -4.01. The van der Waals surface area contributed by atoms with Crippen LogP contribution in [0.4, 0.5) is 0 Å². The molecule has 1 aromatic rings. The van der Waals surface area contributed by atoms with E-state index in [-0.39, 0.29) is 12.2 Å². The zero-order valence-corrected chi connectivity index (χ0v) is 16.2. The highest BCUT2D eigenvalue weighted by Gasteiger charge is 2.31. The monoisotopic (exact) mass is 426 g/mol. The zero-order chi connectivity index (χ0) is 22.8. The fourth-order valence-electron chi connectivity index (χ4n) is 2.44. The Balaban J connectivity index is 3.05. The zero-order valence-electron chi connectivity index (χ0n) is 16.2. The average Bonchev–Trinajstić information content (AvgIpc) is 2.70. The number of phenolic OH excluding ortho intramolecular Hbond substituents is 1. The molecule has 0 saturated carbocycles. The van der Waals surface area contributed by atoms with E-state index in [9.17, 15) is 34.5 Å². The van der Waals surface area contributed by atoms with Crippen molar-refractivity contribution >= 4 is 23.7 Å². The van der Waals surface area contributed by atoms with Crippen LogP contribution in [0.25, 0.3) is 0 Å². The van der Waals surface area contributed by atoms with Crippen LogP contribution in [0.3, 0.4) is 0 Å². The van der Waals surface area contributed by atoms with Crippen molar-refractivity contribution in [1.82, 2.24) is 16.0 Å². The molecular weight excluding hydrogens is 400 g/mol. The molecule has 9 N–H and O–H groups in total. The van der Waals surface area contributed by atoms with Gasteiger partial charge in [0.15, 0.2) is 6.04 Å². The number of aliphatic carboxylic acids is 1. The minimum Gasteiger partial charge on any atom is -0.508 e. The van der Waals surface area contributed by atoms with Gasteiger partial charge in [-0.3, -0.25) is 14.4 Å². The summed E-state index contributed by atoms with van der Waals surface area (Å²) < 4.78 is 0. The average molecular weight is 426 g/mol. The SMILES string of the molecule is CC(O)C(NC(=O)C(Cc1ccc(O)cc1)NC(=O)C(CO)NC(=O)CN)C(=O)O. The summed E-state index contributed by atoms with van der Waals surface area (Å²) in [6.45, 7) is -0.0107. The Bertz CT molecular complexity index is 753. The topological polar surface area (TPSA) is 211 Å². The Morgan fingerprint density at radius 1 is 1.00 bits per heavy atom. The quantitative estimate of drug-likeness (QED) is 0.179. The van der Waals surface area contributed by atoms with Crippen LogP contribution in [0.1, 0.15) is 12.5 Å². The lowest BCUT2D eigenvalue weighted by molar-refractivity contribution is -0.145. The molecule has 0 aromatic heterocycles. The number of hydrogen-bond acceptors (Lipinski definition) is 8. The van der Waals surface area contributed by atoms with Crippen LogP contribution in [-0.4, -0.2) is 81.5 Å². The van der Waals surface area contributed by atoms with Crippen LogP contribution in [-0.2, 0) is 25.6 Å². The van der Waals surface area contributed by atoms with E-state index >= 15 is 0 Å². The number of benzene rings is 1. The molecule has 0 aliphatic heterocycles. The van der Waals surface area contributed by atoms with Crippen molar-refractivity contribution in [3.8, 4) is 5.75 Å². The van der Waals surface area contributed by atoms with Crippen molar-refractivity contribution in [2.45, 2.75) is 37.6 Å². The Morgan fingerprint density at radius 2 is 1.57 bits per heavy atom. The van der Waals surface area contributed by atoms with Gasteiger partial charge in [-0.15, -0.1) is 0 Å². The predicted octanol–water partition coefficient (Wildman–Crippen LogP) is -3.19. The summed E-state index contributed by atoms with van der Waals surface area (Å²) in [6, 6.07) is 1.38. The fraction of sp³-hybridized carbons (Fsp3) is 0.444. The van der Waals surface area contributed by atoms with Crippen LogP contribution in [0.2, 0.25) is 0 Å². The second-order valence-electron chi connectivity index (χ2n) is 6.50. The fourth-order valence-corrected chi connectivity index (χ4v) is 2.44. The van der Waals surface area contributed by atoms with Gasteiger partial charge in [0.2, 0.25) is 17.7 Å². The van der Waals surface area contributed by atoms with E-state index in [1.54, 1.807) is 0 Å². The largest absolute Gasteiger partial charge is 0.508 e. The number of aliphatic hydroxyl groups is 2. The summed E-state index contributed by atoms with van der Waals surface area (Å²) in [7, 11) is 0. The van der Waals surface area contributed by atoms with Crippen LogP contribution in [0, 0.1) is 0 Å². The molecule has 0 aliphatic rings. The van der Waals surface area contributed by atoms with Gasteiger partial charge in [0.05, 0.1) is 19.3 Å². The van der Waals surface area contributed by atoms with E-state index in [0.717, 1.165) is 0 Å². The van der Waals surface area contributed by atoms with Crippen molar-refractivity contribution in [3.05, 3.63) is 29.8 Å². The smallest absolute Gasteiger partial charge is 0.328 e. The number of nitrogens with one attached hydrogen (secondary N) is 3. The number of carbonyl (C=O) groups excluding carboxylic acids is 3. The number of carboxylic acids is 1. The number of nitrogens with two attached hydrogens (primary N) is 1. The minimum absolute atomic E-state index is 0.0197. The van der Waals surface area contributed by atoms with Gasteiger partial charge in [0, 0.05) is 6.42 Å². The van der Waals surface area contributed by atoms with Crippen LogP contribution < -0.4 is 21.7 Å². The normalized spacial score (nSPS) is 14.7. The molecule has 1 rings (SSSR count). The number of carbonyl (C=O) groups is 4. The van der Waals surface area contributed by atoms with Crippen LogP contribution >= 0.6 is 0 Å². The molecule has 0 radical (unpaired) electrons. The number of phenols is 1. The highest BCUT2D eigenvalue weighted by atomic mass is 16.4. The van der Waals surface area contributed by atoms with Gasteiger partial charge in [0.25, 0.3) is 0 Å². The number of amides is 3. The number of aromatic hydroxyl groups is 1. The molecule has 0 aliphatic carbocycles. The maximum Gasteiger partial charge on any atom is 0.328 e. The Morgan fingerprint density at radius 3 is 2.03 bits per heavy atom. The maximum absolute atomic E-state index is 12.6. The molecule has 0 saturated heterocycles. The van der Waals surface area contributed by atoms with E-state index in [0.29, 0.717) is 5.56 Å². The molecule has 3 amide bonds. The first-order chi connectivity index (χ1) is 14.1. The van der Waals surface area contributed by atoms with Gasteiger partial charge in [-0.05, 0) is 24.6 Å². The molecule has 30 heavy (non-hydrogen) atoms. The summed E-state index contributed by atoms with van der Waals surface area (Å²) in [5, 5.41) is 44.1. The highest BCUT2D eigenvalue weighted by molar-refractivity contribution is 5.93. The first-order valence-corrected chi connectivity index (χ1v) is 8.98. The van der Waals surface area contributed by atoms with Crippen LogP contribution in [0.5, 0.6) is 5.75 Å². The standard InChI is InChI=1S/C18H26N4O8/c1-9(24)15(18(29)30)22-16(27)12(6-10-2-4-11(25)5-3-10)21-17(28)13(8-23)20-14(26)7-19/h2-5,9,12-13,15,23-25H,6-8,19H2,1H3,(H,20,26)(H,21,28)(H,22,27)(H,29,30). The number of rotatable bonds is 11. The van der Waals surface area contributed by atoms with Gasteiger partial charge in [0.1, 0.15) is 17.8 Å². The van der Waals surface area contributed by atoms with Crippen molar-refractivity contribution in [1.29, 1.82) is 0 Å². The Hall–Kier alpha value is -3.22. The van der Waals surface area contributed by atoms with E-state index in [1.807, 2.05) is 0 Å². The van der Waals surface area contributed by atoms with Crippen LogP contribution in [0.15, 0.2) is 24.3 Å². The molecule has 4 unspecified atom stereocenters. The minimum atomic E-state index is -1.62. The van der Waals surface area contributed by atoms with E-state index < -0.39 is 61.1 Å². The van der Waals surface area contributed by atoms with Crippen molar-refractivity contribution in [2.75, 3.05) is 13.2 Å². The summed E-state index contributed by atoms with van der Waals surface area (Å²) in [5.41, 5.74) is 5.68. The van der Waals surface area contributed by atoms with Gasteiger partial charge < -0.3 is 42.1 Å². The first-order valence-electron chi connectivity index (χ1n) is 8.98. The highest BCUT2D eigenvalue weighted by Crippen LogP contribution is 2.12. The Labute approximate surface area is 172 Å². The first kappa shape index (κ1) is 24.8. The van der Waals surface area contributed by atoms with Gasteiger partial charge in [-0.25, -0.2) is 4.79 Å². The van der Waals surface area contributed by atoms with Crippen molar-refractivity contribution in [3.63, 3.8) is 0 Å². The van der Waals surface area contributed by atoms with Gasteiger partial charge in [-0.1, -0.05) is 12.1 Å². The van der Waals surface area contributed by atoms with Gasteiger partial charge in [-0.2, -0.15) is 0 Å². The molecule has 0 spiro atoms. The third-order valence-electron chi connectivity index (χ3n) is 4.08. The molecule has 12 heteroatoms. The lowest BCUT2D eigenvalue weighted by atomic mass is 10.0. The molecule has 0 fully saturated rings. The third kappa shape index (κ3) is 7.66. The lowest BCUT2D eigenvalue weighted by Gasteiger charge is -2.24. The number of hydrogen-bond donors (Lipinski definition) is 8. The number of carboxylic acid groups (broad SMARTS) is 1. The van der Waals surface area contributed by atoms with Crippen molar-refractivity contribution in [2.24, 2.45) is 5.73 Å². The lowest BCUT2D eigenvalue weighted by Crippen LogP contribution is -2.58. The molecule has 166 valence electrons. The van der Waals surface area contributed by atoms with Gasteiger partial charge >= 0.3 is 5.97 Å². The third-order valence-corrected chi connectivity index (χ3v) is 4.08. The number of aliphatic hydroxyl groups excluding tert-OH is 2. The molecule has 12 nitrogen and oxygen atoms in total. The molecule has 1 aromatic carbocycles. The summed E-state index contributed by atoms with van der Waals surface area (Å²) in [4.78, 5) is 47.7. The Kier molecular flexibility index (Phi) is 9.68. The predicted molar refractivity (Wildman–Crippen MR) is 103 cm³/mol. The van der Waals surface area contributed by atoms with E-state index in [2.05, 4.69) is 16.0 Å². The van der Waals surface area contributed by atoms with E-state index in [1.165, 1.54) is 31.2 Å². The van der Waals surface area contributed by atoms with E-state index in [4.69, 9.17) is 10.8 Å². The molecule has 0 bridgehead atoms. The second-order valence-corrected chi connectivity index (χ2v) is 6.50. The van der Waals surface area contributed by atoms with Crippen molar-refractivity contribution < 1.29 is 39.6 Å². The molecular formula is C18H26N4O8. The summed E-state index contributed by atoms with van der Waals surface area (Å²) in [6.07, 6.45) is -1.52. The molecule has 0 heterocycles. The molecule has 4 atom stereocenters. The maximum atomic E-state index is 12.6. The summed E-state index contributed by atoms with van der Waals surface area (Å²) >= 11 is 0. The second kappa shape index (κ2) is 11.7.